The van der Waals surface area contributed by atoms with Crippen LogP contribution in [0.15, 0.2) is 52.6 Å². The second-order valence-corrected chi connectivity index (χ2v) is 12.1. The fourth-order valence-corrected chi connectivity index (χ4v) is 6.10. The van der Waals surface area contributed by atoms with Gasteiger partial charge in [-0.25, -0.2) is 4.39 Å². The first-order valence-corrected chi connectivity index (χ1v) is 14.1. The number of benzene rings is 2. The van der Waals surface area contributed by atoms with Crippen molar-refractivity contribution in [1.29, 1.82) is 0 Å². The number of nitrogens with two attached hydrogens (primary N) is 2. The Balaban J connectivity index is 1.67. The zero-order valence-corrected chi connectivity index (χ0v) is 24.3. The molecule has 0 bridgehead atoms. The molecule has 1 aliphatic heterocycles. The van der Waals surface area contributed by atoms with Gasteiger partial charge in [-0.2, -0.15) is 5.10 Å². The Bertz CT molecular complexity index is 1330. The first kappa shape index (κ1) is 29.5. The molecular formula is C30H38ClFN6O2. The summed E-state index contributed by atoms with van der Waals surface area (Å²) in [6, 6.07) is 11.2. The summed E-state index contributed by atoms with van der Waals surface area (Å²) in [5, 5.41) is 5.99. The lowest BCUT2D eigenvalue weighted by molar-refractivity contribution is -0.133. The first-order chi connectivity index (χ1) is 18.9. The highest BCUT2D eigenvalue weighted by Crippen LogP contribution is 2.49. The monoisotopic (exact) mass is 568 g/mol. The molecule has 1 heterocycles. The van der Waals surface area contributed by atoms with Crippen molar-refractivity contribution in [2.24, 2.45) is 33.0 Å². The summed E-state index contributed by atoms with van der Waals surface area (Å²) in [5.41, 5.74) is 7.21. The number of amidine groups is 1. The zero-order valence-electron chi connectivity index (χ0n) is 23.5. The molecule has 5 N–H and O–H groups in total. The van der Waals surface area contributed by atoms with Gasteiger partial charge in [-0.05, 0) is 79.3 Å². The molecule has 40 heavy (non-hydrogen) atoms. The normalized spacial score (nSPS) is 22.4. The second-order valence-electron chi connectivity index (χ2n) is 11.7. The number of hydrazone groups is 1. The highest BCUT2D eigenvalue weighted by molar-refractivity contribution is 6.47. The molecule has 8 nitrogen and oxygen atoms in total. The van der Waals surface area contributed by atoms with Crippen molar-refractivity contribution in [3.8, 4) is 0 Å². The molecule has 2 aromatic carbocycles. The van der Waals surface area contributed by atoms with Crippen LogP contribution in [0, 0.1) is 17.2 Å². The van der Waals surface area contributed by atoms with E-state index in [1.807, 2.05) is 24.0 Å². The molecule has 1 aliphatic carbocycles. The molecule has 1 unspecified atom stereocenters. The van der Waals surface area contributed by atoms with Crippen LogP contribution in [-0.4, -0.2) is 40.5 Å². The zero-order chi connectivity index (χ0) is 29.2. The molecule has 214 valence electrons. The number of amides is 2. The van der Waals surface area contributed by atoms with Crippen molar-refractivity contribution >= 4 is 35.0 Å². The van der Waals surface area contributed by atoms with Crippen molar-refractivity contribution < 1.29 is 14.0 Å². The molecule has 1 atom stereocenters. The maximum absolute atomic E-state index is 14.1. The van der Waals surface area contributed by atoms with Gasteiger partial charge in [-0.1, -0.05) is 51.4 Å². The van der Waals surface area contributed by atoms with Gasteiger partial charge >= 0.3 is 0 Å². The van der Waals surface area contributed by atoms with Gasteiger partial charge < -0.3 is 21.8 Å². The predicted molar refractivity (Wildman–Crippen MR) is 157 cm³/mol. The first-order valence-electron chi connectivity index (χ1n) is 13.7. The van der Waals surface area contributed by atoms with E-state index in [1.165, 1.54) is 12.1 Å². The maximum Gasteiger partial charge on any atom is 0.275 e. The van der Waals surface area contributed by atoms with Crippen molar-refractivity contribution in [1.82, 2.24) is 10.2 Å². The quantitative estimate of drug-likeness (QED) is 0.185. The van der Waals surface area contributed by atoms with Crippen molar-refractivity contribution in [3.05, 3.63) is 70.0 Å². The highest BCUT2D eigenvalue weighted by atomic mass is 35.5. The fraction of sp³-hybridized carbons (Fsp3) is 0.467. The lowest BCUT2D eigenvalue weighted by Crippen LogP contribution is -2.51. The Morgan fingerprint density at radius 2 is 1.88 bits per heavy atom. The highest BCUT2D eigenvalue weighted by Gasteiger charge is 2.52. The van der Waals surface area contributed by atoms with Crippen LogP contribution in [0.1, 0.15) is 87.3 Å². The number of carbonyl (C=O) groups is 2. The van der Waals surface area contributed by atoms with Crippen molar-refractivity contribution in [3.63, 3.8) is 0 Å². The van der Waals surface area contributed by atoms with Gasteiger partial charge in [0.1, 0.15) is 23.0 Å². The molecule has 4 rings (SSSR count). The molecule has 1 spiro atoms. The van der Waals surface area contributed by atoms with Crippen molar-refractivity contribution in [2.75, 3.05) is 6.54 Å². The SMILES string of the molecule is CCC(c1ccc(C(=O)NCC(N)=NN)cc1)N1C(=O)C(c2ccc(F)c(Cl)c2)=NC12CCC(C(C)(C)C)CC2. The summed E-state index contributed by atoms with van der Waals surface area (Å²) in [4.78, 5) is 33.7. The van der Waals surface area contributed by atoms with Crippen LogP contribution >= 0.6 is 11.6 Å². The van der Waals surface area contributed by atoms with E-state index in [0.717, 1.165) is 31.2 Å². The lowest BCUT2D eigenvalue weighted by atomic mass is 9.69. The van der Waals surface area contributed by atoms with E-state index in [-0.39, 0.29) is 40.7 Å². The number of hydrogen-bond acceptors (Lipinski definition) is 5. The summed E-state index contributed by atoms with van der Waals surface area (Å²) in [5.74, 6) is 4.73. The van der Waals surface area contributed by atoms with Gasteiger partial charge in [0.2, 0.25) is 0 Å². The molecule has 0 aromatic heterocycles. The Hall–Kier alpha value is -3.46. The van der Waals surface area contributed by atoms with Gasteiger partial charge in [-0.3, -0.25) is 14.6 Å². The van der Waals surface area contributed by atoms with E-state index in [2.05, 4.69) is 31.2 Å². The average Bonchev–Trinajstić information content (AvgIpc) is 3.20. The maximum atomic E-state index is 14.1. The minimum atomic E-state index is -0.704. The van der Waals surface area contributed by atoms with Gasteiger partial charge in [0.05, 0.1) is 17.6 Å². The third-order valence-corrected chi connectivity index (χ3v) is 8.54. The number of nitrogens with one attached hydrogen (secondary N) is 1. The third-order valence-electron chi connectivity index (χ3n) is 8.25. The number of hydrogen-bond donors (Lipinski definition) is 3. The Morgan fingerprint density at radius 3 is 2.42 bits per heavy atom. The minimum Gasteiger partial charge on any atom is -0.384 e. The van der Waals surface area contributed by atoms with Crippen LogP contribution < -0.4 is 16.9 Å². The summed E-state index contributed by atoms with van der Waals surface area (Å²) >= 11 is 6.09. The summed E-state index contributed by atoms with van der Waals surface area (Å²) < 4.78 is 13.9. The number of aliphatic imine (C=N–C) groups is 1. The molecule has 0 radical (unpaired) electrons. The van der Waals surface area contributed by atoms with Crippen LogP contribution in [0.5, 0.6) is 0 Å². The lowest BCUT2D eigenvalue weighted by Gasteiger charge is -2.47. The van der Waals surface area contributed by atoms with Gasteiger partial charge in [0.25, 0.3) is 11.8 Å². The summed E-state index contributed by atoms with van der Waals surface area (Å²) in [6.45, 7) is 8.85. The van der Waals surface area contributed by atoms with E-state index in [4.69, 9.17) is 28.2 Å². The number of nitrogens with zero attached hydrogens (tertiary/aromatic N) is 3. The van der Waals surface area contributed by atoms with Crippen LogP contribution in [0.25, 0.3) is 0 Å². The molecule has 1 saturated carbocycles. The van der Waals surface area contributed by atoms with Crippen LogP contribution in [0.3, 0.4) is 0 Å². The van der Waals surface area contributed by atoms with E-state index in [9.17, 15) is 14.0 Å². The number of carbonyl (C=O) groups excluding carboxylic acids is 2. The molecule has 2 aliphatic rings. The van der Waals surface area contributed by atoms with Crippen LogP contribution in [0.2, 0.25) is 5.02 Å². The van der Waals surface area contributed by atoms with E-state index in [1.54, 1.807) is 18.2 Å². The van der Waals surface area contributed by atoms with Crippen LogP contribution in [-0.2, 0) is 4.79 Å². The average molecular weight is 569 g/mol. The van der Waals surface area contributed by atoms with Gasteiger partial charge in [-0.15, -0.1) is 0 Å². The number of rotatable bonds is 7. The molecule has 10 heteroatoms. The third kappa shape index (κ3) is 5.84. The summed E-state index contributed by atoms with van der Waals surface area (Å²) in [7, 11) is 0. The molecular weight excluding hydrogens is 531 g/mol. The van der Waals surface area contributed by atoms with E-state index >= 15 is 0 Å². The second kappa shape index (κ2) is 11.6. The van der Waals surface area contributed by atoms with Crippen molar-refractivity contribution in [2.45, 2.75) is 71.5 Å². The molecule has 2 aromatic rings. The smallest absolute Gasteiger partial charge is 0.275 e. The minimum absolute atomic E-state index is 0.0441. The standard InChI is InChI=1S/C30H38ClFN6O2/c1-5-24(18-6-8-19(9-7-18)27(39)35-17-25(33)37-34)38-28(40)26(20-10-11-23(32)22(31)16-20)36-30(38)14-12-21(13-15-30)29(2,3)4/h6-11,16,21,24H,5,12-15,17,34H2,1-4H3,(H2,33,37)(H,35,39). The van der Waals surface area contributed by atoms with Gasteiger partial charge in [0, 0.05) is 11.1 Å². The Kier molecular flexibility index (Phi) is 8.54. The Labute approximate surface area is 240 Å². The van der Waals surface area contributed by atoms with E-state index in [0.29, 0.717) is 29.2 Å². The van der Waals surface area contributed by atoms with Crippen LogP contribution in [0.4, 0.5) is 4.39 Å². The number of halogens is 2. The Morgan fingerprint density at radius 1 is 1.23 bits per heavy atom. The summed E-state index contributed by atoms with van der Waals surface area (Å²) in [6.07, 6.45) is 4.01. The largest absolute Gasteiger partial charge is 0.384 e. The molecule has 1 fully saturated rings. The van der Waals surface area contributed by atoms with Gasteiger partial charge in [0.15, 0.2) is 0 Å². The topological polar surface area (TPSA) is 126 Å². The van der Waals surface area contributed by atoms with E-state index < -0.39 is 11.5 Å². The molecule has 0 saturated heterocycles. The predicted octanol–water partition coefficient (Wildman–Crippen LogP) is 5.16. The fourth-order valence-electron chi connectivity index (χ4n) is 5.92. The molecule has 2 amide bonds.